The van der Waals surface area contributed by atoms with Crippen LogP contribution in [-0.4, -0.2) is 11.2 Å². The maximum Gasteiger partial charge on any atom is 0.211 e. The number of benzene rings is 1. The molecule has 1 N–H and O–H groups in total. The molecule has 0 aliphatic carbocycles. The molecule has 0 amide bonds. The predicted molar refractivity (Wildman–Crippen MR) is 79.4 cm³/mol. The van der Waals surface area contributed by atoms with E-state index in [9.17, 15) is 0 Å². The second-order valence-electron chi connectivity index (χ2n) is 4.69. The number of nitrogens with zero attached hydrogens (tertiary/aromatic N) is 1. The van der Waals surface area contributed by atoms with Gasteiger partial charge >= 0.3 is 0 Å². The quantitative estimate of drug-likeness (QED) is 0.834. The zero-order valence-corrected chi connectivity index (χ0v) is 12.6. The monoisotopic (exact) mass is 276 g/mol. The minimum absolute atomic E-state index is 0.101. The molecule has 2 unspecified atom stereocenters. The smallest absolute Gasteiger partial charge is 0.211 e. The van der Waals surface area contributed by atoms with E-state index in [0.717, 1.165) is 11.7 Å². The highest BCUT2D eigenvalue weighted by Gasteiger charge is 2.15. The van der Waals surface area contributed by atoms with Crippen molar-refractivity contribution in [1.29, 1.82) is 0 Å². The summed E-state index contributed by atoms with van der Waals surface area (Å²) in [6, 6.07) is 8.99. The van der Waals surface area contributed by atoms with Crippen molar-refractivity contribution in [3.63, 3.8) is 0 Å². The molecule has 1 aromatic heterocycles. The summed E-state index contributed by atoms with van der Waals surface area (Å²) in [6.07, 6.45) is 3.84. The molecular weight excluding hydrogens is 256 g/mol. The molecule has 1 heterocycles. The number of aromatic nitrogens is 1. The standard InChI is InChI=1S/C15H20N2OS/c1-10-9-16-15(18-10)12(3)17-11(2)13-5-7-14(19-4)8-6-13/h5-9,11-12,17H,1-4H3. The third-order valence-electron chi connectivity index (χ3n) is 3.13. The van der Waals surface area contributed by atoms with Gasteiger partial charge in [-0.25, -0.2) is 4.98 Å². The van der Waals surface area contributed by atoms with E-state index in [4.69, 9.17) is 4.42 Å². The van der Waals surface area contributed by atoms with Gasteiger partial charge in [-0.15, -0.1) is 11.8 Å². The van der Waals surface area contributed by atoms with Gasteiger partial charge in [-0.05, 0) is 44.7 Å². The van der Waals surface area contributed by atoms with Crippen LogP contribution in [0.15, 0.2) is 39.8 Å². The van der Waals surface area contributed by atoms with Crippen LogP contribution in [0.3, 0.4) is 0 Å². The number of nitrogens with one attached hydrogen (secondary N) is 1. The fourth-order valence-corrected chi connectivity index (χ4v) is 2.42. The SMILES string of the molecule is CSc1ccc(C(C)NC(C)c2ncc(C)o2)cc1. The summed E-state index contributed by atoms with van der Waals surface area (Å²) in [4.78, 5) is 5.54. The summed E-state index contributed by atoms with van der Waals surface area (Å²) in [5, 5.41) is 3.50. The number of aryl methyl sites for hydroxylation is 1. The second-order valence-corrected chi connectivity index (χ2v) is 5.57. The molecule has 0 spiro atoms. The summed E-state index contributed by atoms with van der Waals surface area (Å²) in [6.45, 7) is 6.13. The highest BCUT2D eigenvalue weighted by Crippen LogP contribution is 2.22. The van der Waals surface area contributed by atoms with E-state index in [2.05, 4.69) is 54.7 Å². The zero-order chi connectivity index (χ0) is 13.8. The molecule has 0 radical (unpaired) electrons. The van der Waals surface area contributed by atoms with Crippen LogP contribution >= 0.6 is 11.8 Å². The molecule has 0 saturated heterocycles. The van der Waals surface area contributed by atoms with Crippen molar-refractivity contribution in [3.05, 3.63) is 47.7 Å². The van der Waals surface area contributed by atoms with E-state index in [1.54, 1.807) is 18.0 Å². The van der Waals surface area contributed by atoms with Crippen molar-refractivity contribution < 1.29 is 4.42 Å². The Hall–Kier alpha value is -1.26. The molecule has 3 nitrogen and oxygen atoms in total. The average Bonchev–Trinajstić information content (AvgIpc) is 2.85. The van der Waals surface area contributed by atoms with Gasteiger partial charge in [-0.3, -0.25) is 5.32 Å². The van der Waals surface area contributed by atoms with Crippen LogP contribution in [0.25, 0.3) is 0 Å². The van der Waals surface area contributed by atoms with Gasteiger partial charge in [0.2, 0.25) is 5.89 Å². The summed E-state index contributed by atoms with van der Waals surface area (Å²) in [5.41, 5.74) is 1.27. The molecule has 0 fully saturated rings. The Morgan fingerprint density at radius 3 is 2.37 bits per heavy atom. The normalized spacial score (nSPS) is 14.3. The Morgan fingerprint density at radius 1 is 1.16 bits per heavy atom. The van der Waals surface area contributed by atoms with Crippen molar-refractivity contribution >= 4 is 11.8 Å². The Balaban J connectivity index is 2.01. The Kier molecular flexibility index (Phi) is 4.66. The molecular formula is C15H20N2OS. The second kappa shape index (κ2) is 6.26. The number of oxazole rings is 1. The summed E-state index contributed by atoms with van der Waals surface area (Å²) in [5.74, 6) is 1.59. The van der Waals surface area contributed by atoms with Crippen LogP contribution < -0.4 is 5.32 Å². The summed E-state index contributed by atoms with van der Waals surface area (Å²) >= 11 is 1.76. The average molecular weight is 276 g/mol. The predicted octanol–water partition coefficient (Wildman–Crippen LogP) is 4.12. The molecule has 4 heteroatoms. The van der Waals surface area contributed by atoms with Crippen molar-refractivity contribution in [3.8, 4) is 0 Å². The van der Waals surface area contributed by atoms with Crippen LogP contribution in [0.5, 0.6) is 0 Å². The van der Waals surface area contributed by atoms with Gasteiger partial charge in [-0.1, -0.05) is 12.1 Å². The number of hydrogen-bond acceptors (Lipinski definition) is 4. The van der Waals surface area contributed by atoms with Crippen LogP contribution in [0, 0.1) is 6.92 Å². The first-order chi connectivity index (χ1) is 9.10. The van der Waals surface area contributed by atoms with E-state index < -0.39 is 0 Å². The van der Waals surface area contributed by atoms with Crippen LogP contribution in [0.4, 0.5) is 0 Å². The van der Waals surface area contributed by atoms with Gasteiger partial charge in [0.15, 0.2) is 0 Å². The topological polar surface area (TPSA) is 38.1 Å². The maximum absolute atomic E-state index is 5.54. The first kappa shape index (κ1) is 14.2. The first-order valence-corrected chi connectivity index (χ1v) is 7.65. The Morgan fingerprint density at radius 2 is 1.84 bits per heavy atom. The lowest BCUT2D eigenvalue weighted by molar-refractivity contribution is 0.380. The summed E-state index contributed by atoms with van der Waals surface area (Å²) in [7, 11) is 0. The minimum Gasteiger partial charge on any atom is -0.444 e. The maximum atomic E-state index is 5.54. The highest BCUT2D eigenvalue weighted by atomic mass is 32.2. The third-order valence-corrected chi connectivity index (χ3v) is 3.87. The number of hydrogen-bond donors (Lipinski definition) is 1. The van der Waals surface area contributed by atoms with E-state index in [0.29, 0.717) is 0 Å². The minimum atomic E-state index is 0.101. The summed E-state index contributed by atoms with van der Waals surface area (Å²) < 4.78 is 5.54. The van der Waals surface area contributed by atoms with Crippen molar-refractivity contribution in [2.45, 2.75) is 37.8 Å². The van der Waals surface area contributed by atoms with Crippen molar-refractivity contribution in [2.24, 2.45) is 0 Å². The lowest BCUT2D eigenvalue weighted by atomic mass is 10.1. The fourth-order valence-electron chi connectivity index (χ4n) is 2.01. The lowest BCUT2D eigenvalue weighted by Gasteiger charge is -2.18. The van der Waals surface area contributed by atoms with Crippen molar-refractivity contribution in [1.82, 2.24) is 10.3 Å². The lowest BCUT2D eigenvalue weighted by Crippen LogP contribution is -2.22. The van der Waals surface area contributed by atoms with Gasteiger partial charge in [0, 0.05) is 10.9 Å². The van der Waals surface area contributed by atoms with Gasteiger partial charge in [-0.2, -0.15) is 0 Å². The van der Waals surface area contributed by atoms with E-state index in [1.807, 2.05) is 6.92 Å². The Labute approximate surface area is 118 Å². The molecule has 0 aliphatic heterocycles. The van der Waals surface area contributed by atoms with Gasteiger partial charge in [0.1, 0.15) is 5.76 Å². The number of thioether (sulfide) groups is 1. The van der Waals surface area contributed by atoms with E-state index in [1.165, 1.54) is 10.5 Å². The molecule has 0 bridgehead atoms. The van der Waals surface area contributed by atoms with Crippen molar-refractivity contribution in [2.75, 3.05) is 6.26 Å². The molecule has 19 heavy (non-hydrogen) atoms. The van der Waals surface area contributed by atoms with Crippen LogP contribution in [0.1, 0.15) is 43.1 Å². The third kappa shape index (κ3) is 3.61. The molecule has 2 rings (SSSR count). The molecule has 0 aliphatic rings. The van der Waals surface area contributed by atoms with Gasteiger partial charge < -0.3 is 4.42 Å². The molecule has 102 valence electrons. The molecule has 2 aromatic rings. The van der Waals surface area contributed by atoms with Crippen LogP contribution in [-0.2, 0) is 0 Å². The Bertz CT molecular complexity index is 521. The molecule has 1 aromatic carbocycles. The zero-order valence-electron chi connectivity index (χ0n) is 11.8. The molecule has 0 saturated carbocycles. The van der Waals surface area contributed by atoms with E-state index >= 15 is 0 Å². The van der Waals surface area contributed by atoms with E-state index in [-0.39, 0.29) is 12.1 Å². The van der Waals surface area contributed by atoms with Gasteiger partial charge in [0.05, 0.1) is 12.2 Å². The first-order valence-electron chi connectivity index (χ1n) is 6.42. The van der Waals surface area contributed by atoms with Gasteiger partial charge in [0.25, 0.3) is 0 Å². The highest BCUT2D eigenvalue weighted by molar-refractivity contribution is 7.98. The molecule has 2 atom stereocenters. The fraction of sp³-hybridized carbons (Fsp3) is 0.400. The number of rotatable bonds is 5. The largest absolute Gasteiger partial charge is 0.444 e. The van der Waals surface area contributed by atoms with Crippen LogP contribution in [0.2, 0.25) is 0 Å².